The molecular weight excluding hydrogens is 321 g/mol. The zero-order valence-corrected chi connectivity index (χ0v) is 14.2. The first-order chi connectivity index (χ1) is 11.7. The first kappa shape index (κ1) is 15.7. The summed E-state index contributed by atoms with van der Waals surface area (Å²) in [5.74, 6) is 1.10. The first-order valence-corrected chi connectivity index (χ1v) is 9.48. The maximum Gasteiger partial charge on any atom is 0.221 e. The minimum absolute atomic E-state index is 0.0684. The molecule has 24 heavy (non-hydrogen) atoms. The lowest BCUT2D eigenvalue weighted by atomic mass is 9.96. The smallest absolute Gasteiger partial charge is 0.221 e. The molecule has 1 amide bonds. The number of thioether (sulfide) groups is 1. The number of rotatable bonds is 3. The Hall–Kier alpha value is -1.81. The number of fused-ring (bicyclic) bond motifs is 2. The lowest BCUT2D eigenvalue weighted by Crippen LogP contribution is -2.31. The molecule has 0 bridgehead atoms. The normalized spacial score (nSPS) is 21.9. The number of amides is 1. The highest BCUT2D eigenvalue weighted by Crippen LogP contribution is 2.38. The molecule has 2 aromatic rings. The van der Waals surface area contributed by atoms with Crippen molar-refractivity contribution in [2.75, 3.05) is 5.75 Å². The Morgan fingerprint density at radius 1 is 1.17 bits per heavy atom. The Bertz CT molecular complexity index is 776. The lowest BCUT2D eigenvalue weighted by Gasteiger charge is -2.26. The van der Waals surface area contributed by atoms with Crippen LogP contribution in [-0.4, -0.2) is 11.7 Å². The molecule has 1 aliphatic heterocycles. The average Bonchev–Trinajstić information content (AvgIpc) is 2.98. The van der Waals surface area contributed by atoms with Gasteiger partial charge in [-0.3, -0.25) is 4.79 Å². The molecule has 4 heteroatoms. The maximum absolute atomic E-state index is 13.6. The minimum Gasteiger partial charge on any atom is -0.349 e. The van der Waals surface area contributed by atoms with Gasteiger partial charge < -0.3 is 5.32 Å². The molecule has 0 aromatic heterocycles. The number of aryl methyl sites for hydroxylation is 1. The molecule has 1 heterocycles. The van der Waals surface area contributed by atoms with E-state index in [2.05, 4.69) is 23.5 Å². The number of halogens is 1. The zero-order chi connectivity index (χ0) is 16.5. The highest BCUT2D eigenvalue weighted by molar-refractivity contribution is 7.99. The summed E-state index contributed by atoms with van der Waals surface area (Å²) >= 11 is 1.73. The lowest BCUT2D eigenvalue weighted by molar-refractivity contribution is -0.122. The summed E-state index contributed by atoms with van der Waals surface area (Å²) in [5, 5.41) is 3.14. The van der Waals surface area contributed by atoms with E-state index in [1.165, 1.54) is 17.2 Å². The van der Waals surface area contributed by atoms with E-state index in [1.807, 2.05) is 12.1 Å². The van der Waals surface area contributed by atoms with Crippen molar-refractivity contribution in [1.82, 2.24) is 5.32 Å². The van der Waals surface area contributed by atoms with Gasteiger partial charge in [0.25, 0.3) is 0 Å². The molecule has 1 aliphatic carbocycles. The van der Waals surface area contributed by atoms with Gasteiger partial charge in [0, 0.05) is 17.1 Å². The maximum atomic E-state index is 13.6. The molecule has 2 unspecified atom stereocenters. The number of nitrogens with one attached hydrogen (secondary N) is 1. The number of carbonyl (C=O) groups is 1. The van der Waals surface area contributed by atoms with E-state index >= 15 is 0 Å². The van der Waals surface area contributed by atoms with Crippen molar-refractivity contribution in [2.24, 2.45) is 0 Å². The van der Waals surface area contributed by atoms with Gasteiger partial charge in [-0.25, -0.2) is 4.39 Å². The summed E-state index contributed by atoms with van der Waals surface area (Å²) in [7, 11) is 0. The van der Waals surface area contributed by atoms with E-state index in [9.17, 15) is 9.18 Å². The minimum atomic E-state index is -0.236. The third-order valence-electron chi connectivity index (χ3n) is 5.04. The second-order valence-electron chi connectivity index (χ2n) is 6.58. The van der Waals surface area contributed by atoms with Crippen LogP contribution in [0.4, 0.5) is 4.39 Å². The van der Waals surface area contributed by atoms with Crippen LogP contribution >= 0.6 is 11.8 Å². The molecule has 2 aliphatic rings. The van der Waals surface area contributed by atoms with Gasteiger partial charge in [-0.2, -0.15) is 0 Å². The molecular formula is C20H20FNOS. The van der Waals surface area contributed by atoms with Crippen molar-refractivity contribution in [1.29, 1.82) is 0 Å². The molecule has 0 saturated heterocycles. The summed E-state index contributed by atoms with van der Waals surface area (Å²) < 4.78 is 13.6. The fourth-order valence-electron chi connectivity index (χ4n) is 3.85. The molecule has 0 fully saturated rings. The van der Waals surface area contributed by atoms with Crippen molar-refractivity contribution in [3.05, 3.63) is 65.0 Å². The van der Waals surface area contributed by atoms with Gasteiger partial charge >= 0.3 is 0 Å². The SMILES string of the molecule is O=C(CC1CCc2ccccc21)NC1CCSc2ccc(F)cc21. The number of carbonyl (C=O) groups excluding carboxylic acids is 1. The van der Waals surface area contributed by atoms with Crippen molar-refractivity contribution < 1.29 is 9.18 Å². The largest absolute Gasteiger partial charge is 0.349 e. The van der Waals surface area contributed by atoms with Crippen LogP contribution in [0.2, 0.25) is 0 Å². The van der Waals surface area contributed by atoms with Gasteiger partial charge in [-0.1, -0.05) is 24.3 Å². The molecule has 0 saturated carbocycles. The van der Waals surface area contributed by atoms with E-state index in [4.69, 9.17) is 0 Å². The summed E-state index contributed by atoms with van der Waals surface area (Å²) in [4.78, 5) is 13.6. The Balaban J connectivity index is 1.46. The second-order valence-corrected chi connectivity index (χ2v) is 7.71. The quantitative estimate of drug-likeness (QED) is 0.884. The first-order valence-electron chi connectivity index (χ1n) is 8.50. The van der Waals surface area contributed by atoms with Crippen molar-refractivity contribution in [3.8, 4) is 0 Å². The van der Waals surface area contributed by atoms with E-state index < -0.39 is 0 Å². The third kappa shape index (κ3) is 3.07. The van der Waals surface area contributed by atoms with Crippen LogP contribution in [0.3, 0.4) is 0 Å². The van der Waals surface area contributed by atoms with Crippen LogP contribution in [0.5, 0.6) is 0 Å². The van der Waals surface area contributed by atoms with Crippen molar-refractivity contribution >= 4 is 17.7 Å². The molecule has 0 radical (unpaired) electrons. The predicted molar refractivity (Wildman–Crippen MR) is 94.7 cm³/mol. The summed E-state index contributed by atoms with van der Waals surface area (Å²) in [6, 6.07) is 13.2. The number of benzene rings is 2. The highest BCUT2D eigenvalue weighted by Gasteiger charge is 2.27. The molecule has 1 N–H and O–H groups in total. The summed E-state index contributed by atoms with van der Waals surface area (Å²) in [6.45, 7) is 0. The zero-order valence-electron chi connectivity index (χ0n) is 13.4. The predicted octanol–water partition coefficient (Wildman–Crippen LogP) is 4.60. The van der Waals surface area contributed by atoms with Crippen LogP contribution < -0.4 is 5.32 Å². The van der Waals surface area contributed by atoms with E-state index in [0.29, 0.717) is 12.3 Å². The monoisotopic (exact) mass is 341 g/mol. The van der Waals surface area contributed by atoms with Gasteiger partial charge in [0.2, 0.25) is 5.91 Å². The van der Waals surface area contributed by atoms with Crippen LogP contribution in [-0.2, 0) is 11.2 Å². The van der Waals surface area contributed by atoms with E-state index in [1.54, 1.807) is 17.8 Å². The third-order valence-corrected chi connectivity index (χ3v) is 6.16. The molecule has 0 spiro atoms. The van der Waals surface area contributed by atoms with Gasteiger partial charge in [-0.05, 0) is 60.1 Å². The standard InChI is InChI=1S/C20H20FNOS/c21-15-7-8-19-17(12-15)18(9-10-24-19)22-20(23)11-14-6-5-13-3-1-2-4-16(13)14/h1-4,7-8,12,14,18H,5-6,9-11H2,(H,22,23). The molecule has 2 nitrogen and oxygen atoms in total. The van der Waals surface area contributed by atoms with Crippen molar-refractivity contribution in [3.63, 3.8) is 0 Å². The van der Waals surface area contributed by atoms with Gasteiger partial charge in [0.1, 0.15) is 5.82 Å². The van der Waals surface area contributed by atoms with Gasteiger partial charge in [-0.15, -0.1) is 11.8 Å². The second kappa shape index (κ2) is 6.60. The van der Waals surface area contributed by atoms with Crippen LogP contribution in [0, 0.1) is 5.82 Å². The fourth-order valence-corrected chi connectivity index (χ4v) is 4.96. The Morgan fingerprint density at radius 3 is 2.96 bits per heavy atom. The van der Waals surface area contributed by atoms with Gasteiger partial charge in [0.15, 0.2) is 0 Å². The highest BCUT2D eigenvalue weighted by atomic mass is 32.2. The van der Waals surface area contributed by atoms with Crippen LogP contribution in [0.15, 0.2) is 47.4 Å². The van der Waals surface area contributed by atoms with E-state index in [0.717, 1.165) is 35.5 Å². The topological polar surface area (TPSA) is 29.1 Å². The number of hydrogen-bond donors (Lipinski definition) is 1. The van der Waals surface area contributed by atoms with E-state index in [-0.39, 0.29) is 17.8 Å². The van der Waals surface area contributed by atoms with Crippen molar-refractivity contribution in [2.45, 2.75) is 42.5 Å². The average molecular weight is 341 g/mol. The Morgan fingerprint density at radius 2 is 2.04 bits per heavy atom. The molecule has 2 aromatic carbocycles. The van der Waals surface area contributed by atoms with Crippen LogP contribution in [0.1, 0.15) is 47.9 Å². The molecule has 124 valence electrons. The summed E-state index contributed by atoms with van der Waals surface area (Å²) in [5.41, 5.74) is 3.61. The van der Waals surface area contributed by atoms with Gasteiger partial charge in [0.05, 0.1) is 6.04 Å². The Labute approximate surface area is 145 Å². The molecule has 4 rings (SSSR count). The number of hydrogen-bond acceptors (Lipinski definition) is 2. The van der Waals surface area contributed by atoms with Crippen LogP contribution in [0.25, 0.3) is 0 Å². The molecule has 2 atom stereocenters. The summed E-state index contributed by atoms with van der Waals surface area (Å²) in [6.07, 6.45) is 3.47. The fraction of sp³-hybridized carbons (Fsp3) is 0.350. The Kier molecular flexibility index (Phi) is 4.31.